The number of carbonyl (C=O) groups excluding carboxylic acids is 1. The molecule has 1 amide bonds. The molecule has 5 nitrogen and oxygen atoms in total. The normalized spacial score (nSPS) is 15.4. The lowest BCUT2D eigenvalue weighted by molar-refractivity contribution is -0.122. The van der Waals surface area contributed by atoms with Gasteiger partial charge in [0.1, 0.15) is 13.2 Å². The van der Waals surface area contributed by atoms with Gasteiger partial charge in [0.05, 0.1) is 6.04 Å². The number of hydrogen-bond acceptors (Lipinski definition) is 4. The molecule has 1 aromatic carbocycles. The van der Waals surface area contributed by atoms with Crippen LogP contribution in [0, 0.1) is 0 Å². The number of carbonyl (C=O) groups is 1. The zero-order valence-electron chi connectivity index (χ0n) is 13.1. The number of fused-ring (bicyclic) bond motifs is 1. The molecule has 1 aliphatic heterocycles. The number of amides is 1. The first-order valence-electron chi connectivity index (χ1n) is 7.54. The topological polar surface area (TPSA) is 73.6 Å². The van der Waals surface area contributed by atoms with Gasteiger partial charge in [-0.05, 0) is 37.5 Å². The van der Waals surface area contributed by atoms with Gasteiger partial charge in [0.15, 0.2) is 11.5 Å². The summed E-state index contributed by atoms with van der Waals surface area (Å²) >= 11 is 0. The van der Waals surface area contributed by atoms with Crippen LogP contribution in [-0.4, -0.2) is 25.2 Å². The highest BCUT2D eigenvalue weighted by atomic mass is 35.5. The van der Waals surface area contributed by atoms with Gasteiger partial charge in [0.2, 0.25) is 5.91 Å². The molecule has 0 aliphatic carbocycles. The van der Waals surface area contributed by atoms with Crippen molar-refractivity contribution in [3.05, 3.63) is 23.8 Å². The second-order valence-electron chi connectivity index (χ2n) is 5.45. The Morgan fingerprint density at radius 1 is 1.32 bits per heavy atom. The van der Waals surface area contributed by atoms with E-state index in [-0.39, 0.29) is 30.4 Å². The fourth-order valence-corrected chi connectivity index (χ4v) is 2.32. The number of ether oxygens (including phenoxy) is 2. The van der Waals surface area contributed by atoms with E-state index in [1.807, 2.05) is 32.0 Å². The SMILES string of the molecule is CCC(NC(=O)CCC(C)N)c1ccc2c(c1)OCCO2.Cl. The van der Waals surface area contributed by atoms with E-state index < -0.39 is 0 Å². The van der Waals surface area contributed by atoms with Gasteiger partial charge in [0.25, 0.3) is 0 Å². The predicted molar refractivity (Wildman–Crippen MR) is 88.7 cm³/mol. The molecule has 1 aromatic rings. The van der Waals surface area contributed by atoms with Gasteiger partial charge >= 0.3 is 0 Å². The fourth-order valence-electron chi connectivity index (χ4n) is 2.32. The minimum absolute atomic E-state index is 0. The fraction of sp³-hybridized carbons (Fsp3) is 0.562. The molecule has 1 aliphatic rings. The summed E-state index contributed by atoms with van der Waals surface area (Å²) < 4.78 is 11.1. The van der Waals surface area contributed by atoms with Gasteiger partial charge in [-0.1, -0.05) is 13.0 Å². The molecule has 0 bridgehead atoms. The maximum atomic E-state index is 12.0. The van der Waals surface area contributed by atoms with Crippen LogP contribution < -0.4 is 20.5 Å². The lowest BCUT2D eigenvalue weighted by Crippen LogP contribution is -2.29. The van der Waals surface area contributed by atoms with Crippen LogP contribution >= 0.6 is 12.4 Å². The Bertz CT molecular complexity index is 494. The highest BCUT2D eigenvalue weighted by molar-refractivity contribution is 5.85. The molecular formula is C16H25ClN2O3. The second kappa shape index (κ2) is 8.86. The quantitative estimate of drug-likeness (QED) is 0.841. The zero-order chi connectivity index (χ0) is 15.2. The van der Waals surface area contributed by atoms with Crippen molar-refractivity contribution in [1.29, 1.82) is 0 Å². The maximum absolute atomic E-state index is 12.0. The summed E-state index contributed by atoms with van der Waals surface area (Å²) in [6.45, 7) is 5.10. The van der Waals surface area contributed by atoms with Gasteiger partial charge in [-0.2, -0.15) is 0 Å². The van der Waals surface area contributed by atoms with E-state index in [0.29, 0.717) is 26.1 Å². The van der Waals surface area contributed by atoms with Crippen molar-refractivity contribution in [1.82, 2.24) is 5.32 Å². The number of nitrogens with two attached hydrogens (primary N) is 1. The Morgan fingerprint density at radius 3 is 2.64 bits per heavy atom. The van der Waals surface area contributed by atoms with E-state index in [1.54, 1.807) is 0 Å². The molecule has 124 valence electrons. The Hall–Kier alpha value is -1.46. The molecule has 2 unspecified atom stereocenters. The highest BCUT2D eigenvalue weighted by Gasteiger charge is 2.17. The van der Waals surface area contributed by atoms with Crippen molar-refractivity contribution in [3.8, 4) is 11.5 Å². The van der Waals surface area contributed by atoms with Crippen LogP contribution in [0.4, 0.5) is 0 Å². The second-order valence-corrected chi connectivity index (χ2v) is 5.45. The van der Waals surface area contributed by atoms with Gasteiger partial charge in [-0.3, -0.25) is 4.79 Å². The first kappa shape index (κ1) is 18.6. The average Bonchev–Trinajstić information content (AvgIpc) is 2.50. The minimum atomic E-state index is -0.0126. The first-order chi connectivity index (χ1) is 10.1. The standard InChI is InChI=1S/C16H24N2O3.ClH/c1-3-13(18-16(19)7-4-11(2)17)12-5-6-14-15(10-12)21-9-8-20-14;/h5-6,10-11,13H,3-4,7-9,17H2,1-2H3,(H,18,19);1H. The maximum Gasteiger partial charge on any atom is 0.220 e. The van der Waals surface area contributed by atoms with Crippen LogP contribution in [0.3, 0.4) is 0 Å². The van der Waals surface area contributed by atoms with Crippen LogP contribution in [0.25, 0.3) is 0 Å². The summed E-state index contributed by atoms with van der Waals surface area (Å²) in [5.41, 5.74) is 6.72. The highest BCUT2D eigenvalue weighted by Crippen LogP contribution is 2.33. The van der Waals surface area contributed by atoms with Crippen LogP contribution in [0.2, 0.25) is 0 Å². The van der Waals surface area contributed by atoms with E-state index in [9.17, 15) is 4.79 Å². The summed E-state index contributed by atoms with van der Waals surface area (Å²) in [6, 6.07) is 5.87. The lowest BCUT2D eigenvalue weighted by atomic mass is 10.0. The zero-order valence-corrected chi connectivity index (χ0v) is 13.9. The lowest BCUT2D eigenvalue weighted by Gasteiger charge is -2.22. The molecule has 6 heteroatoms. The van der Waals surface area contributed by atoms with Crippen molar-refractivity contribution in [3.63, 3.8) is 0 Å². The summed E-state index contributed by atoms with van der Waals surface area (Å²) in [7, 11) is 0. The van der Waals surface area contributed by atoms with Crippen LogP contribution in [0.5, 0.6) is 11.5 Å². The van der Waals surface area contributed by atoms with E-state index in [2.05, 4.69) is 5.32 Å². The monoisotopic (exact) mass is 328 g/mol. The van der Waals surface area contributed by atoms with Crippen LogP contribution in [0.1, 0.15) is 44.7 Å². The molecule has 0 spiro atoms. The number of nitrogens with one attached hydrogen (secondary N) is 1. The van der Waals surface area contributed by atoms with E-state index in [0.717, 1.165) is 23.5 Å². The Kier molecular flexibility index (Phi) is 7.48. The molecule has 0 fully saturated rings. The summed E-state index contributed by atoms with van der Waals surface area (Å²) in [4.78, 5) is 12.0. The average molecular weight is 329 g/mol. The van der Waals surface area contributed by atoms with Crippen molar-refractivity contribution >= 4 is 18.3 Å². The van der Waals surface area contributed by atoms with Gasteiger partial charge in [-0.25, -0.2) is 0 Å². The third-order valence-corrected chi connectivity index (χ3v) is 3.54. The van der Waals surface area contributed by atoms with Crippen LogP contribution in [-0.2, 0) is 4.79 Å². The molecule has 0 aromatic heterocycles. The van der Waals surface area contributed by atoms with Crippen molar-refractivity contribution < 1.29 is 14.3 Å². The van der Waals surface area contributed by atoms with Gasteiger partial charge < -0.3 is 20.5 Å². The number of hydrogen-bond donors (Lipinski definition) is 2. The van der Waals surface area contributed by atoms with E-state index in [1.165, 1.54) is 0 Å². The van der Waals surface area contributed by atoms with E-state index >= 15 is 0 Å². The number of halogens is 1. The molecule has 2 atom stereocenters. The first-order valence-corrected chi connectivity index (χ1v) is 7.54. The molecular weight excluding hydrogens is 304 g/mol. The third kappa shape index (κ3) is 5.07. The molecule has 3 N–H and O–H groups in total. The van der Waals surface area contributed by atoms with Gasteiger partial charge in [-0.15, -0.1) is 12.4 Å². The summed E-state index contributed by atoms with van der Waals surface area (Å²) in [6.07, 6.45) is 1.98. The Balaban J connectivity index is 0.00000242. The molecule has 0 radical (unpaired) electrons. The molecule has 0 saturated heterocycles. The summed E-state index contributed by atoms with van der Waals surface area (Å²) in [5, 5.41) is 3.05. The minimum Gasteiger partial charge on any atom is -0.486 e. The Labute approximate surface area is 138 Å². The molecule has 0 saturated carbocycles. The number of rotatable bonds is 6. The smallest absolute Gasteiger partial charge is 0.220 e. The number of benzene rings is 1. The molecule has 1 heterocycles. The summed E-state index contributed by atoms with van der Waals surface area (Å²) in [5.74, 6) is 1.55. The molecule has 22 heavy (non-hydrogen) atoms. The van der Waals surface area contributed by atoms with Crippen molar-refractivity contribution in [2.75, 3.05) is 13.2 Å². The van der Waals surface area contributed by atoms with Crippen molar-refractivity contribution in [2.45, 2.75) is 45.2 Å². The van der Waals surface area contributed by atoms with Crippen molar-refractivity contribution in [2.24, 2.45) is 5.73 Å². The third-order valence-electron chi connectivity index (χ3n) is 3.54. The predicted octanol–water partition coefficient (Wildman–Crippen LogP) is 2.57. The van der Waals surface area contributed by atoms with Gasteiger partial charge in [0, 0.05) is 12.5 Å². The molecule has 2 rings (SSSR count). The largest absolute Gasteiger partial charge is 0.486 e. The van der Waals surface area contributed by atoms with Crippen LogP contribution in [0.15, 0.2) is 18.2 Å². The Morgan fingerprint density at radius 2 is 2.00 bits per heavy atom. The van der Waals surface area contributed by atoms with E-state index in [4.69, 9.17) is 15.2 Å².